The Bertz CT molecular complexity index is 755. The molecule has 0 aliphatic carbocycles. The molecule has 0 saturated carbocycles. The standard InChI is InChI=1S/C14H15ClN4O/c1-8-4-12-14(16-6-8)19(13(5-15)17-12)7-11-9(2)18-20-10(11)3/h4,6H,5,7H2,1-3H3. The average molecular weight is 291 g/mol. The van der Waals surface area contributed by atoms with Gasteiger partial charge in [0, 0.05) is 11.8 Å². The third kappa shape index (κ3) is 2.08. The molecule has 0 fully saturated rings. The van der Waals surface area contributed by atoms with Gasteiger partial charge in [0.25, 0.3) is 0 Å². The topological polar surface area (TPSA) is 56.7 Å². The van der Waals surface area contributed by atoms with Crippen molar-refractivity contribution < 1.29 is 4.52 Å². The van der Waals surface area contributed by atoms with Crippen LogP contribution in [0.3, 0.4) is 0 Å². The highest BCUT2D eigenvalue weighted by Gasteiger charge is 2.16. The van der Waals surface area contributed by atoms with E-state index in [1.807, 2.05) is 37.6 Å². The van der Waals surface area contributed by atoms with Crippen LogP contribution in [0.2, 0.25) is 0 Å². The monoisotopic (exact) mass is 290 g/mol. The summed E-state index contributed by atoms with van der Waals surface area (Å²) >= 11 is 6.01. The maximum atomic E-state index is 6.01. The molecule has 0 aliphatic heterocycles. The number of aryl methyl sites for hydroxylation is 3. The summed E-state index contributed by atoms with van der Waals surface area (Å²) in [6, 6.07) is 2.02. The number of hydrogen-bond donors (Lipinski definition) is 0. The van der Waals surface area contributed by atoms with Crippen LogP contribution in [0, 0.1) is 20.8 Å². The molecule has 0 radical (unpaired) electrons. The van der Waals surface area contributed by atoms with E-state index in [0.29, 0.717) is 12.4 Å². The molecule has 0 atom stereocenters. The zero-order valence-corrected chi connectivity index (χ0v) is 12.4. The molecule has 0 aromatic carbocycles. The van der Waals surface area contributed by atoms with E-state index < -0.39 is 0 Å². The maximum Gasteiger partial charge on any atom is 0.160 e. The van der Waals surface area contributed by atoms with Crippen LogP contribution in [0.15, 0.2) is 16.8 Å². The van der Waals surface area contributed by atoms with Gasteiger partial charge in [-0.3, -0.25) is 0 Å². The average Bonchev–Trinajstić information content (AvgIpc) is 2.93. The van der Waals surface area contributed by atoms with E-state index in [-0.39, 0.29) is 0 Å². The van der Waals surface area contributed by atoms with Crippen molar-refractivity contribution in [3.63, 3.8) is 0 Å². The summed E-state index contributed by atoms with van der Waals surface area (Å²) < 4.78 is 7.23. The van der Waals surface area contributed by atoms with Gasteiger partial charge in [-0.15, -0.1) is 11.6 Å². The van der Waals surface area contributed by atoms with E-state index in [9.17, 15) is 0 Å². The lowest BCUT2D eigenvalue weighted by molar-refractivity contribution is 0.392. The Morgan fingerprint density at radius 2 is 2.10 bits per heavy atom. The number of alkyl halides is 1. The first-order valence-corrected chi connectivity index (χ1v) is 6.93. The quantitative estimate of drug-likeness (QED) is 0.695. The van der Waals surface area contributed by atoms with Gasteiger partial charge in [-0.05, 0) is 32.4 Å². The number of nitrogens with zero attached hydrogens (tertiary/aromatic N) is 4. The van der Waals surface area contributed by atoms with Gasteiger partial charge in [0.05, 0.1) is 18.1 Å². The van der Waals surface area contributed by atoms with Crippen molar-refractivity contribution in [3.05, 3.63) is 40.7 Å². The van der Waals surface area contributed by atoms with Crippen LogP contribution >= 0.6 is 11.6 Å². The van der Waals surface area contributed by atoms with Gasteiger partial charge < -0.3 is 9.09 Å². The van der Waals surface area contributed by atoms with Gasteiger partial charge in [-0.1, -0.05) is 5.16 Å². The largest absolute Gasteiger partial charge is 0.361 e. The summed E-state index contributed by atoms with van der Waals surface area (Å²) in [5.74, 6) is 1.97. The van der Waals surface area contributed by atoms with Crippen molar-refractivity contribution in [2.45, 2.75) is 33.2 Å². The van der Waals surface area contributed by atoms with Gasteiger partial charge in [-0.25, -0.2) is 9.97 Å². The van der Waals surface area contributed by atoms with Crippen molar-refractivity contribution in [2.75, 3.05) is 0 Å². The number of aromatic nitrogens is 4. The number of pyridine rings is 1. The molecule has 3 aromatic rings. The smallest absolute Gasteiger partial charge is 0.160 e. The van der Waals surface area contributed by atoms with Crippen LogP contribution in [-0.2, 0) is 12.4 Å². The molecule has 5 nitrogen and oxygen atoms in total. The molecule has 104 valence electrons. The van der Waals surface area contributed by atoms with Crippen LogP contribution < -0.4 is 0 Å². The lowest BCUT2D eigenvalue weighted by Crippen LogP contribution is -2.06. The molecule has 0 bridgehead atoms. The molecule has 3 rings (SSSR count). The second kappa shape index (κ2) is 4.90. The van der Waals surface area contributed by atoms with Gasteiger partial charge >= 0.3 is 0 Å². The summed E-state index contributed by atoms with van der Waals surface area (Å²) in [6.07, 6.45) is 1.84. The van der Waals surface area contributed by atoms with Gasteiger partial charge in [0.2, 0.25) is 0 Å². The number of halogens is 1. The Kier molecular flexibility index (Phi) is 3.22. The van der Waals surface area contributed by atoms with Gasteiger partial charge in [0.1, 0.15) is 17.1 Å². The van der Waals surface area contributed by atoms with Crippen molar-refractivity contribution in [1.82, 2.24) is 19.7 Å². The molecule has 3 heterocycles. The highest BCUT2D eigenvalue weighted by molar-refractivity contribution is 6.16. The highest BCUT2D eigenvalue weighted by Crippen LogP contribution is 2.21. The first kappa shape index (κ1) is 13.1. The maximum absolute atomic E-state index is 6.01. The van der Waals surface area contributed by atoms with E-state index in [2.05, 4.69) is 15.1 Å². The second-order valence-corrected chi connectivity index (χ2v) is 5.17. The minimum Gasteiger partial charge on any atom is -0.361 e. The Hall–Kier alpha value is -1.88. The van der Waals surface area contributed by atoms with E-state index >= 15 is 0 Å². The highest BCUT2D eigenvalue weighted by atomic mass is 35.5. The molecule has 0 N–H and O–H groups in total. The Morgan fingerprint density at radius 1 is 1.30 bits per heavy atom. The summed E-state index contributed by atoms with van der Waals surface area (Å²) in [6.45, 7) is 6.46. The predicted octanol–water partition coefficient (Wildman–Crippen LogP) is 3.13. The fourth-order valence-electron chi connectivity index (χ4n) is 2.31. The number of hydrogen-bond acceptors (Lipinski definition) is 4. The minimum absolute atomic E-state index is 0.346. The van der Waals surface area contributed by atoms with Crippen molar-refractivity contribution in [1.29, 1.82) is 0 Å². The lowest BCUT2D eigenvalue weighted by atomic mass is 10.2. The van der Waals surface area contributed by atoms with E-state index in [1.54, 1.807) is 0 Å². The van der Waals surface area contributed by atoms with E-state index in [4.69, 9.17) is 16.1 Å². The molecule has 3 aromatic heterocycles. The molecule has 0 unspecified atom stereocenters. The fraction of sp³-hybridized carbons (Fsp3) is 0.357. The van der Waals surface area contributed by atoms with Crippen LogP contribution in [-0.4, -0.2) is 19.7 Å². The summed E-state index contributed by atoms with van der Waals surface area (Å²) in [4.78, 5) is 9.03. The Balaban J connectivity index is 2.15. The summed E-state index contributed by atoms with van der Waals surface area (Å²) in [7, 11) is 0. The van der Waals surface area contributed by atoms with Crippen LogP contribution in [0.25, 0.3) is 11.2 Å². The number of rotatable bonds is 3. The Labute approximate surface area is 121 Å². The molecule has 0 saturated heterocycles. The second-order valence-electron chi connectivity index (χ2n) is 4.91. The van der Waals surface area contributed by atoms with Crippen LogP contribution in [0.1, 0.15) is 28.4 Å². The van der Waals surface area contributed by atoms with Crippen molar-refractivity contribution in [2.24, 2.45) is 0 Å². The third-order valence-electron chi connectivity index (χ3n) is 3.42. The zero-order valence-electron chi connectivity index (χ0n) is 11.6. The molecular weight excluding hydrogens is 276 g/mol. The molecule has 0 spiro atoms. The lowest BCUT2D eigenvalue weighted by Gasteiger charge is -2.06. The molecule has 0 amide bonds. The third-order valence-corrected chi connectivity index (χ3v) is 3.66. The fourth-order valence-corrected chi connectivity index (χ4v) is 2.52. The molecular formula is C14H15ClN4O. The van der Waals surface area contributed by atoms with E-state index in [0.717, 1.165) is 39.6 Å². The molecule has 0 aliphatic rings. The van der Waals surface area contributed by atoms with Crippen molar-refractivity contribution >= 4 is 22.8 Å². The normalized spacial score (nSPS) is 11.4. The number of fused-ring (bicyclic) bond motifs is 1. The summed E-state index contributed by atoms with van der Waals surface area (Å²) in [5, 5.41) is 3.98. The Morgan fingerprint density at radius 3 is 2.75 bits per heavy atom. The van der Waals surface area contributed by atoms with Crippen LogP contribution in [0.4, 0.5) is 0 Å². The predicted molar refractivity (Wildman–Crippen MR) is 76.9 cm³/mol. The minimum atomic E-state index is 0.346. The van der Waals surface area contributed by atoms with Gasteiger partial charge in [-0.2, -0.15) is 0 Å². The first-order valence-electron chi connectivity index (χ1n) is 6.39. The van der Waals surface area contributed by atoms with Crippen molar-refractivity contribution in [3.8, 4) is 0 Å². The zero-order chi connectivity index (χ0) is 14.3. The van der Waals surface area contributed by atoms with Gasteiger partial charge in [0.15, 0.2) is 5.65 Å². The number of imidazole rings is 1. The van der Waals surface area contributed by atoms with Crippen LogP contribution in [0.5, 0.6) is 0 Å². The molecule has 6 heteroatoms. The molecule has 20 heavy (non-hydrogen) atoms. The summed E-state index contributed by atoms with van der Waals surface area (Å²) in [5.41, 5.74) is 4.73. The van der Waals surface area contributed by atoms with E-state index in [1.165, 1.54) is 0 Å². The SMILES string of the molecule is Cc1cnc2c(c1)nc(CCl)n2Cc1c(C)noc1C. The first-order chi connectivity index (χ1) is 9.60.